The molecule has 0 amide bonds. The molecule has 96 valence electrons. The first-order valence-corrected chi connectivity index (χ1v) is 4.89. The molecule has 0 fully saturated rings. The van der Waals surface area contributed by atoms with E-state index in [2.05, 4.69) is 14.8 Å². The smallest absolute Gasteiger partial charge is 0.406 e. The van der Waals surface area contributed by atoms with Gasteiger partial charge in [0.1, 0.15) is 12.1 Å². The lowest BCUT2D eigenvalue weighted by Gasteiger charge is -2.09. The highest BCUT2D eigenvalue weighted by Gasteiger charge is 2.30. The fourth-order valence-corrected chi connectivity index (χ4v) is 1.36. The number of hydrogen-bond donors (Lipinski definition) is 1. The largest absolute Gasteiger partial charge is 0.573 e. The van der Waals surface area contributed by atoms with Crippen molar-refractivity contribution in [1.82, 2.24) is 14.8 Å². The molecule has 0 radical (unpaired) electrons. The van der Waals surface area contributed by atoms with Gasteiger partial charge in [0, 0.05) is 0 Å². The van der Waals surface area contributed by atoms with Crippen LogP contribution in [0.15, 0.2) is 35.4 Å². The molecule has 1 heterocycles. The number of nitrogens with zero attached hydrogens (tertiary/aromatic N) is 2. The molecule has 0 atom stereocenters. The van der Waals surface area contributed by atoms with Gasteiger partial charge in [-0.25, -0.2) is 9.48 Å². The van der Waals surface area contributed by atoms with E-state index in [1.807, 2.05) is 0 Å². The zero-order valence-electron chi connectivity index (χ0n) is 8.94. The Morgan fingerprint density at radius 1 is 1.28 bits per heavy atom. The van der Waals surface area contributed by atoms with E-state index in [4.69, 9.17) is 0 Å². The summed E-state index contributed by atoms with van der Waals surface area (Å²) in [7, 11) is 0. The van der Waals surface area contributed by atoms with E-state index < -0.39 is 6.36 Å². The number of benzene rings is 1. The third-order valence-corrected chi connectivity index (χ3v) is 2.11. The third kappa shape index (κ3) is 3.12. The lowest BCUT2D eigenvalue weighted by Crippen LogP contribution is -2.19. The maximum Gasteiger partial charge on any atom is 0.573 e. The third-order valence-electron chi connectivity index (χ3n) is 2.11. The second-order valence-corrected chi connectivity index (χ2v) is 3.44. The quantitative estimate of drug-likeness (QED) is 0.909. The molecule has 1 N–H and O–H groups in total. The molecule has 18 heavy (non-hydrogen) atoms. The summed E-state index contributed by atoms with van der Waals surface area (Å²) in [6.45, 7) is 0.175. The molecule has 8 heteroatoms. The summed E-state index contributed by atoms with van der Waals surface area (Å²) in [6.07, 6.45) is -3.47. The number of ether oxygens (including phenoxy) is 1. The number of hydrogen-bond acceptors (Lipinski definition) is 3. The van der Waals surface area contributed by atoms with Crippen LogP contribution in [0.4, 0.5) is 13.2 Å². The molecule has 1 aromatic carbocycles. The molecule has 0 bridgehead atoms. The van der Waals surface area contributed by atoms with E-state index in [1.54, 1.807) is 0 Å². The van der Waals surface area contributed by atoms with Crippen molar-refractivity contribution < 1.29 is 17.9 Å². The monoisotopic (exact) mass is 259 g/mol. The van der Waals surface area contributed by atoms with Crippen LogP contribution in [0.3, 0.4) is 0 Å². The van der Waals surface area contributed by atoms with Crippen molar-refractivity contribution in [2.45, 2.75) is 12.9 Å². The number of aromatic amines is 1. The Labute approximate surface area is 98.8 Å². The van der Waals surface area contributed by atoms with E-state index in [0.29, 0.717) is 5.56 Å². The van der Waals surface area contributed by atoms with E-state index in [0.717, 1.165) is 4.68 Å². The first-order valence-electron chi connectivity index (χ1n) is 4.89. The minimum absolute atomic E-state index is 0.175. The molecular formula is C10H8F3N3O2. The van der Waals surface area contributed by atoms with Crippen LogP contribution in [-0.4, -0.2) is 21.1 Å². The molecule has 0 saturated carbocycles. The van der Waals surface area contributed by atoms with Crippen molar-refractivity contribution in [2.24, 2.45) is 0 Å². The van der Waals surface area contributed by atoms with Gasteiger partial charge < -0.3 is 4.74 Å². The average Bonchev–Trinajstić information content (AvgIpc) is 2.65. The number of alkyl halides is 3. The van der Waals surface area contributed by atoms with Gasteiger partial charge in [0.2, 0.25) is 0 Å². The number of nitrogens with one attached hydrogen (secondary N) is 1. The van der Waals surface area contributed by atoms with Gasteiger partial charge in [0.25, 0.3) is 0 Å². The van der Waals surface area contributed by atoms with Crippen LogP contribution < -0.4 is 10.4 Å². The van der Waals surface area contributed by atoms with Gasteiger partial charge >= 0.3 is 12.1 Å². The average molecular weight is 259 g/mol. The van der Waals surface area contributed by atoms with Gasteiger partial charge in [-0.05, 0) is 17.7 Å². The highest BCUT2D eigenvalue weighted by atomic mass is 19.4. The normalized spacial score (nSPS) is 11.5. The van der Waals surface area contributed by atoms with E-state index >= 15 is 0 Å². The standard InChI is InChI=1S/C10H8F3N3O2/c11-10(12,13)18-8-3-1-7(2-4-8)5-16-9(17)14-6-15-16/h1-4,6H,5H2,(H,14,15,17). The lowest BCUT2D eigenvalue weighted by atomic mass is 10.2. The Balaban J connectivity index is 2.09. The summed E-state index contributed by atoms with van der Waals surface area (Å²) in [5.41, 5.74) is 0.254. The zero-order chi connectivity index (χ0) is 13.2. The molecule has 0 unspecified atom stereocenters. The van der Waals surface area contributed by atoms with Crippen LogP contribution in [0.25, 0.3) is 0 Å². The number of halogens is 3. The summed E-state index contributed by atoms with van der Waals surface area (Å²) < 4.78 is 40.6. The Bertz CT molecular complexity index is 571. The van der Waals surface area contributed by atoms with Crippen LogP contribution in [0.1, 0.15) is 5.56 Å². The van der Waals surface area contributed by atoms with Crippen molar-refractivity contribution in [3.63, 3.8) is 0 Å². The number of aromatic nitrogens is 3. The fourth-order valence-electron chi connectivity index (χ4n) is 1.36. The molecule has 5 nitrogen and oxygen atoms in total. The van der Waals surface area contributed by atoms with Crippen LogP contribution in [0.5, 0.6) is 5.75 Å². The highest BCUT2D eigenvalue weighted by Crippen LogP contribution is 2.22. The highest BCUT2D eigenvalue weighted by molar-refractivity contribution is 5.27. The maximum atomic E-state index is 11.9. The van der Waals surface area contributed by atoms with Crippen LogP contribution in [0, 0.1) is 0 Å². The molecular weight excluding hydrogens is 251 g/mol. The second-order valence-electron chi connectivity index (χ2n) is 3.44. The first kappa shape index (κ1) is 12.2. The SMILES string of the molecule is O=c1[nH]cnn1Cc1ccc(OC(F)(F)F)cc1. The maximum absolute atomic E-state index is 11.9. The first-order chi connectivity index (χ1) is 8.44. The summed E-state index contributed by atoms with van der Waals surface area (Å²) in [6, 6.07) is 5.23. The molecule has 0 aliphatic rings. The molecule has 0 aliphatic carbocycles. The van der Waals surface area contributed by atoms with Crippen LogP contribution >= 0.6 is 0 Å². The minimum Gasteiger partial charge on any atom is -0.406 e. The number of rotatable bonds is 3. The summed E-state index contributed by atoms with van der Waals surface area (Å²) >= 11 is 0. The Morgan fingerprint density at radius 2 is 1.94 bits per heavy atom. The molecule has 2 rings (SSSR count). The molecule has 1 aromatic heterocycles. The van der Waals surface area contributed by atoms with Gasteiger partial charge in [0.05, 0.1) is 6.54 Å². The summed E-state index contributed by atoms with van der Waals surface area (Å²) in [5.74, 6) is -0.305. The molecule has 0 aliphatic heterocycles. The van der Waals surface area contributed by atoms with E-state index in [9.17, 15) is 18.0 Å². The Kier molecular flexibility index (Phi) is 3.09. The van der Waals surface area contributed by atoms with E-state index in [1.165, 1.54) is 30.6 Å². The zero-order valence-corrected chi connectivity index (χ0v) is 8.94. The molecule has 0 saturated heterocycles. The van der Waals surface area contributed by atoms with E-state index in [-0.39, 0.29) is 18.0 Å². The topological polar surface area (TPSA) is 59.9 Å². The van der Waals surface area contributed by atoms with Gasteiger partial charge in [0.15, 0.2) is 0 Å². The van der Waals surface area contributed by atoms with Gasteiger partial charge in [-0.3, -0.25) is 4.98 Å². The summed E-state index contributed by atoms with van der Waals surface area (Å²) in [5, 5.41) is 3.73. The fraction of sp³-hybridized carbons (Fsp3) is 0.200. The Hall–Kier alpha value is -2.25. The minimum atomic E-state index is -4.71. The second kappa shape index (κ2) is 4.55. The van der Waals surface area contributed by atoms with Crippen LogP contribution in [0.2, 0.25) is 0 Å². The number of H-pyrrole nitrogens is 1. The van der Waals surface area contributed by atoms with Crippen molar-refractivity contribution in [3.05, 3.63) is 46.6 Å². The van der Waals surface area contributed by atoms with Crippen LogP contribution in [-0.2, 0) is 6.54 Å². The predicted molar refractivity (Wildman–Crippen MR) is 55.1 cm³/mol. The molecule has 2 aromatic rings. The van der Waals surface area contributed by atoms with Crippen molar-refractivity contribution in [1.29, 1.82) is 0 Å². The van der Waals surface area contributed by atoms with Gasteiger partial charge in [-0.15, -0.1) is 13.2 Å². The van der Waals surface area contributed by atoms with Gasteiger partial charge in [-0.2, -0.15) is 5.10 Å². The predicted octanol–water partition coefficient (Wildman–Crippen LogP) is 1.52. The lowest BCUT2D eigenvalue weighted by molar-refractivity contribution is -0.274. The van der Waals surface area contributed by atoms with Crippen molar-refractivity contribution in [2.75, 3.05) is 0 Å². The summed E-state index contributed by atoms with van der Waals surface area (Å²) in [4.78, 5) is 13.5. The van der Waals surface area contributed by atoms with Gasteiger partial charge in [-0.1, -0.05) is 12.1 Å². The van der Waals surface area contributed by atoms with Crippen molar-refractivity contribution in [3.8, 4) is 5.75 Å². The molecule has 0 spiro atoms. The van der Waals surface area contributed by atoms with Crippen molar-refractivity contribution >= 4 is 0 Å². The Morgan fingerprint density at radius 3 is 2.44 bits per heavy atom.